The SMILES string of the molecule is CC(=O)Oc1ccc(/C=C(\C#N)C(=O)Nc2ccc([N+](=O)[O-])cc2Cl)cc1. The zero-order valence-electron chi connectivity index (χ0n) is 13.9. The van der Waals surface area contributed by atoms with Crippen molar-refractivity contribution in [1.29, 1.82) is 5.26 Å². The summed E-state index contributed by atoms with van der Waals surface area (Å²) in [5.74, 6) is -0.854. The van der Waals surface area contributed by atoms with Crippen LogP contribution in [-0.2, 0) is 9.59 Å². The van der Waals surface area contributed by atoms with E-state index >= 15 is 0 Å². The number of benzene rings is 2. The Bertz CT molecular complexity index is 977. The van der Waals surface area contributed by atoms with Gasteiger partial charge in [0.25, 0.3) is 11.6 Å². The van der Waals surface area contributed by atoms with Crippen LogP contribution in [0.4, 0.5) is 11.4 Å². The summed E-state index contributed by atoms with van der Waals surface area (Å²) in [7, 11) is 0. The van der Waals surface area contributed by atoms with E-state index in [9.17, 15) is 25.0 Å². The van der Waals surface area contributed by atoms with Crippen LogP contribution in [0.3, 0.4) is 0 Å². The van der Waals surface area contributed by atoms with E-state index < -0.39 is 16.8 Å². The van der Waals surface area contributed by atoms with E-state index in [1.165, 1.54) is 37.3 Å². The van der Waals surface area contributed by atoms with Gasteiger partial charge in [-0.25, -0.2) is 0 Å². The third kappa shape index (κ3) is 5.39. The van der Waals surface area contributed by atoms with Gasteiger partial charge in [0.05, 0.1) is 15.6 Å². The quantitative estimate of drug-likeness (QED) is 0.209. The van der Waals surface area contributed by atoms with Gasteiger partial charge in [-0.15, -0.1) is 0 Å². The minimum atomic E-state index is -0.725. The number of hydrogen-bond donors (Lipinski definition) is 1. The fourth-order valence-corrected chi connectivity index (χ4v) is 2.24. The molecular weight excluding hydrogens is 374 g/mol. The topological polar surface area (TPSA) is 122 Å². The molecule has 0 spiro atoms. The average Bonchev–Trinajstić information content (AvgIpc) is 2.62. The van der Waals surface area contributed by atoms with Crippen LogP contribution in [0.15, 0.2) is 48.0 Å². The fourth-order valence-electron chi connectivity index (χ4n) is 2.02. The van der Waals surface area contributed by atoms with Gasteiger partial charge < -0.3 is 10.1 Å². The van der Waals surface area contributed by atoms with Crippen molar-refractivity contribution in [3.05, 3.63) is 68.7 Å². The maximum atomic E-state index is 12.3. The molecule has 0 atom stereocenters. The predicted molar refractivity (Wildman–Crippen MR) is 98.1 cm³/mol. The van der Waals surface area contributed by atoms with E-state index in [1.54, 1.807) is 18.2 Å². The maximum Gasteiger partial charge on any atom is 0.308 e. The van der Waals surface area contributed by atoms with Gasteiger partial charge in [0.2, 0.25) is 0 Å². The van der Waals surface area contributed by atoms with Crippen LogP contribution in [0.25, 0.3) is 6.08 Å². The van der Waals surface area contributed by atoms with Crippen LogP contribution in [-0.4, -0.2) is 16.8 Å². The molecule has 0 bridgehead atoms. The van der Waals surface area contributed by atoms with Gasteiger partial charge in [-0.3, -0.25) is 19.7 Å². The molecule has 2 rings (SSSR count). The normalized spacial score (nSPS) is 10.6. The molecule has 0 unspecified atom stereocenters. The number of amides is 1. The Morgan fingerprint density at radius 2 is 1.93 bits per heavy atom. The van der Waals surface area contributed by atoms with Gasteiger partial charge in [-0.2, -0.15) is 5.26 Å². The molecule has 1 N–H and O–H groups in total. The molecule has 0 heterocycles. The largest absolute Gasteiger partial charge is 0.427 e. The monoisotopic (exact) mass is 385 g/mol. The highest BCUT2D eigenvalue weighted by Crippen LogP contribution is 2.27. The second-order valence-electron chi connectivity index (χ2n) is 5.21. The lowest BCUT2D eigenvalue weighted by molar-refractivity contribution is -0.384. The number of ether oxygens (including phenoxy) is 1. The summed E-state index contributed by atoms with van der Waals surface area (Å²) in [5.41, 5.74) is 0.248. The minimum absolute atomic E-state index is 0.0272. The molecule has 0 saturated heterocycles. The zero-order chi connectivity index (χ0) is 20.0. The molecule has 136 valence electrons. The Kier molecular flexibility index (Phi) is 6.25. The van der Waals surface area contributed by atoms with Crippen molar-refractivity contribution in [2.75, 3.05) is 5.32 Å². The first-order valence-electron chi connectivity index (χ1n) is 7.45. The molecule has 0 aromatic heterocycles. The number of rotatable bonds is 5. The Morgan fingerprint density at radius 3 is 2.44 bits per heavy atom. The standard InChI is InChI=1S/C18H12ClN3O5/c1-11(23)27-15-5-2-12(3-6-15)8-13(10-20)18(24)21-17-7-4-14(22(25)26)9-16(17)19/h2-9H,1H3,(H,21,24)/b13-8+. The van der Waals surface area contributed by atoms with Crippen molar-refractivity contribution in [1.82, 2.24) is 0 Å². The van der Waals surface area contributed by atoms with Gasteiger partial charge in [-0.1, -0.05) is 23.7 Å². The first-order chi connectivity index (χ1) is 12.8. The van der Waals surface area contributed by atoms with Gasteiger partial charge in [-0.05, 0) is 29.8 Å². The molecule has 27 heavy (non-hydrogen) atoms. The van der Waals surface area contributed by atoms with Crippen molar-refractivity contribution >= 4 is 40.9 Å². The van der Waals surface area contributed by atoms with Gasteiger partial charge in [0.1, 0.15) is 17.4 Å². The maximum absolute atomic E-state index is 12.3. The van der Waals surface area contributed by atoms with Gasteiger partial charge in [0.15, 0.2) is 0 Å². The van der Waals surface area contributed by atoms with E-state index in [2.05, 4.69) is 5.32 Å². The molecule has 0 aliphatic rings. The smallest absolute Gasteiger partial charge is 0.308 e. The lowest BCUT2D eigenvalue weighted by Gasteiger charge is -2.06. The molecule has 8 nitrogen and oxygen atoms in total. The van der Waals surface area contributed by atoms with Crippen LogP contribution in [0, 0.1) is 21.4 Å². The number of non-ortho nitro benzene ring substituents is 1. The first kappa shape index (κ1) is 19.6. The number of halogens is 1. The number of nitriles is 1. The average molecular weight is 386 g/mol. The predicted octanol–water partition coefficient (Wildman–Crippen LogP) is 3.72. The van der Waals surface area contributed by atoms with Crippen LogP contribution >= 0.6 is 11.6 Å². The molecule has 0 aliphatic carbocycles. The number of carbonyl (C=O) groups is 2. The molecule has 9 heteroatoms. The third-order valence-corrected chi connectivity index (χ3v) is 3.54. The first-order valence-corrected chi connectivity index (χ1v) is 7.83. The summed E-state index contributed by atoms with van der Waals surface area (Å²) >= 11 is 5.92. The van der Waals surface area contributed by atoms with Crippen LogP contribution < -0.4 is 10.1 Å². The number of carbonyl (C=O) groups excluding carboxylic acids is 2. The number of nitro groups is 1. The van der Waals surface area contributed by atoms with Crippen molar-refractivity contribution in [3.8, 4) is 11.8 Å². The molecule has 1 amide bonds. The second-order valence-corrected chi connectivity index (χ2v) is 5.62. The summed E-state index contributed by atoms with van der Waals surface area (Å²) in [5, 5.41) is 22.3. The van der Waals surface area contributed by atoms with E-state index in [0.29, 0.717) is 11.3 Å². The zero-order valence-corrected chi connectivity index (χ0v) is 14.7. The summed E-state index contributed by atoms with van der Waals surface area (Å²) < 4.78 is 4.90. The van der Waals surface area contributed by atoms with Crippen LogP contribution in [0.5, 0.6) is 5.75 Å². The Hall–Kier alpha value is -3.70. The van der Waals surface area contributed by atoms with E-state index in [-0.39, 0.29) is 22.0 Å². The molecule has 0 fully saturated rings. The molecule has 0 saturated carbocycles. The molecule has 2 aromatic rings. The number of nitrogens with one attached hydrogen (secondary N) is 1. The fraction of sp³-hybridized carbons (Fsp3) is 0.0556. The lowest BCUT2D eigenvalue weighted by atomic mass is 10.1. The molecule has 2 aromatic carbocycles. The van der Waals surface area contributed by atoms with Gasteiger partial charge in [0, 0.05) is 19.1 Å². The molecular formula is C18H12ClN3O5. The number of esters is 1. The number of hydrogen-bond acceptors (Lipinski definition) is 6. The molecule has 0 aliphatic heterocycles. The summed E-state index contributed by atoms with van der Waals surface area (Å²) in [6, 6.07) is 11.5. The van der Waals surface area contributed by atoms with Crippen LogP contribution in [0.1, 0.15) is 12.5 Å². The Labute approximate surface area is 158 Å². The van der Waals surface area contributed by atoms with Crippen molar-refractivity contribution in [2.24, 2.45) is 0 Å². The van der Waals surface area contributed by atoms with E-state index in [1.807, 2.05) is 0 Å². The van der Waals surface area contributed by atoms with E-state index in [4.69, 9.17) is 16.3 Å². The number of anilines is 1. The van der Waals surface area contributed by atoms with Crippen LogP contribution in [0.2, 0.25) is 5.02 Å². The highest BCUT2D eigenvalue weighted by molar-refractivity contribution is 6.34. The third-order valence-electron chi connectivity index (χ3n) is 3.23. The summed E-state index contributed by atoms with van der Waals surface area (Å²) in [4.78, 5) is 33.3. The van der Waals surface area contributed by atoms with E-state index in [0.717, 1.165) is 6.07 Å². The van der Waals surface area contributed by atoms with Crippen molar-refractivity contribution in [3.63, 3.8) is 0 Å². The number of nitrogens with zero attached hydrogens (tertiary/aromatic N) is 2. The van der Waals surface area contributed by atoms with Crippen molar-refractivity contribution < 1.29 is 19.2 Å². The summed E-state index contributed by atoms with van der Waals surface area (Å²) in [6.45, 7) is 1.27. The Balaban J connectivity index is 2.18. The lowest BCUT2D eigenvalue weighted by Crippen LogP contribution is -2.13. The minimum Gasteiger partial charge on any atom is -0.427 e. The summed E-state index contributed by atoms with van der Waals surface area (Å²) in [6.07, 6.45) is 1.34. The number of nitro benzene ring substituents is 1. The Morgan fingerprint density at radius 1 is 1.26 bits per heavy atom. The second kappa shape index (κ2) is 8.60. The highest BCUT2D eigenvalue weighted by Gasteiger charge is 2.14. The van der Waals surface area contributed by atoms with Crippen molar-refractivity contribution in [2.45, 2.75) is 6.92 Å². The van der Waals surface area contributed by atoms with Gasteiger partial charge >= 0.3 is 5.97 Å². The molecule has 0 radical (unpaired) electrons. The highest BCUT2D eigenvalue weighted by atomic mass is 35.5.